The van der Waals surface area contributed by atoms with E-state index in [-0.39, 0.29) is 12.0 Å². The molecular weight excluding hydrogens is 304 g/mol. The summed E-state index contributed by atoms with van der Waals surface area (Å²) in [7, 11) is 0. The number of hydrogen-bond donors (Lipinski definition) is 2. The van der Waals surface area contributed by atoms with E-state index in [4.69, 9.17) is 15.2 Å². The number of nitrogens with two attached hydrogens (primary N) is 1. The molecule has 0 aromatic heterocycles. The predicted molar refractivity (Wildman–Crippen MR) is 96.0 cm³/mol. The van der Waals surface area contributed by atoms with Gasteiger partial charge in [-0.15, -0.1) is 0 Å². The van der Waals surface area contributed by atoms with Crippen molar-refractivity contribution in [2.45, 2.75) is 26.6 Å². The molecule has 0 atom stereocenters. The first-order valence-corrected chi connectivity index (χ1v) is 8.00. The Hall–Kier alpha value is -2.37. The molecule has 0 spiro atoms. The summed E-state index contributed by atoms with van der Waals surface area (Å²) >= 11 is 0. The first-order valence-electron chi connectivity index (χ1n) is 8.00. The molecule has 5 heteroatoms. The lowest BCUT2D eigenvalue weighted by molar-refractivity contribution is 0.0143. The van der Waals surface area contributed by atoms with Crippen LogP contribution in [0.3, 0.4) is 0 Å². The van der Waals surface area contributed by atoms with Crippen molar-refractivity contribution in [3.63, 3.8) is 0 Å². The maximum atomic E-state index is 12.2. The van der Waals surface area contributed by atoms with E-state index in [0.29, 0.717) is 31.1 Å². The minimum atomic E-state index is -0.189. The Balaban J connectivity index is 1.87. The zero-order chi connectivity index (χ0) is 17.4. The van der Waals surface area contributed by atoms with Crippen LogP contribution in [-0.4, -0.2) is 25.2 Å². The third-order valence-corrected chi connectivity index (χ3v) is 3.28. The van der Waals surface area contributed by atoms with Crippen LogP contribution in [0.4, 0.5) is 11.4 Å². The van der Waals surface area contributed by atoms with Gasteiger partial charge in [0.1, 0.15) is 0 Å². The smallest absolute Gasteiger partial charge is 0.255 e. The number of amides is 1. The Labute approximate surface area is 142 Å². The molecular formula is C19H24N2O3. The van der Waals surface area contributed by atoms with Gasteiger partial charge in [0.15, 0.2) is 0 Å². The lowest BCUT2D eigenvalue weighted by atomic mass is 10.1. The van der Waals surface area contributed by atoms with Gasteiger partial charge in [-0.05, 0) is 49.7 Å². The topological polar surface area (TPSA) is 73.6 Å². The molecule has 0 radical (unpaired) electrons. The van der Waals surface area contributed by atoms with Gasteiger partial charge in [0.2, 0.25) is 0 Å². The average Bonchev–Trinajstić information content (AvgIpc) is 2.54. The van der Waals surface area contributed by atoms with Gasteiger partial charge < -0.3 is 20.5 Å². The second-order valence-electron chi connectivity index (χ2n) is 5.75. The Kier molecular flexibility index (Phi) is 6.78. The van der Waals surface area contributed by atoms with Crippen molar-refractivity contribution in [1.29, 1.82) is 0 Å². The fourth-order valence-corrected chi connectivity index (χ4v) is 2.15. The molecule has 0 aliphatic carbocycles. The van der Waals surface area contributed by atoms with Crippen LogP contribution in [0, 0.1) is 0 Å². The number of nitrogens with one attached hydrogen (secondary N) is 1. The standard InChI is InChI=1S/C19H24N2O3/c1-14(2)24-10-9-23-13-15-5-3-8-18(11-15)21-19(22)16-6-4-7-17(20)12-16/h3-8,11-12,14H,9-10,13,20H2,1-2H3,(H,21,22). The first kappa shape index (κ1) is 18.0. The van der Waals surface area contributed by atoms with Crippen molar-refractivity contribution in [3.8, 4) is 0 Å². The second-order valence-corrected chi connectivity index (χ2v) is 5.75. The highest BCUT2D eigenvalue weighted by molar-refractivity contribution is 6.04. The molecule has 24 heavy (non-hydrogen) atoms. The lowest BCUT2D eigenvalue weighted by Crippen LogP contribution is -2.12. The predicted octanol–water partition coefficient (Wildman–Crippen LogP) is 3.46. The third kappa shape index (κ3) is 6.02. The summed E-state index contributed by atoms with van der Waals surface area (Å²) in [5.41, 5.74) is 8.51. The molecule has 0 fully saturated rings. The Morgan fingerprint density at radius 3 is 2.67 bits per heavy atom. The van der Waals surface area contributed by atoms with Crippen molar-refractivity contribution in [2.24, 2.45) is 0 Å². The Morgan fingerprint density at radius 2 is 1.92 bits per heavy atom. The lowest BCUT2D eigenvalue weighted by Gasteiger charge is -2.10. The van der Waals surface area contributed by atoms with E-state index >= 15 is 0 Å². The van der Waals surface area contributed by atoms with Crippen LogP contribution < -0.4 is 11.1 Å². The van der Waals surface area contributed by atoms with Crippen LogP contribution in [-0.2, 0) is 16.1 Å². The summed E-state index contributed by atoms with van der Waals surface area (Å²) in [5, 5.41) is 2.87. The van der Waals surface area contributed by atoms with Crippen molar-refractivity contribution in [3.05, 3.63) is 59.7 Å². The minimum Gasteiger partial charge on any atom is -0.399 e. The fourth-order valence-electron chi connectivity index (χ4n) is 2.15. The highest BCUT2D eigenvalue weighted by atomic mass is 16.5. The highest BCUT2D eigenvalue weighted by Crippen LogP contribution is 2.14. The number of carbonyl (C=O) groups excluding carboxylic acids is 1. The molecule has 2 rings (SSSR count). The molecule has 0 heterocycles. The van der Waals surface area contributed by atoms with Gasteiger partial charge in [0, 0.05) is 16.9 Å². The SMILES string of the molecule is CC(C)OCCOCc1cccc(NC(=O)c2cccc(N)c2)c1. The largest absolute Gasteiger partial charge is 0.399 e. The molecule has 3 N–H and O–H groups in total. The van der Waals surface area contributed by atoms with E-state index in [1.54, 1.807) is 24.3 Å². The summed E-state index contributed by atoms with van der Waals surface area (Å²) in [6.07, 6.45) is 0.208. The molecule has 0 saturated carbocycles. The van der Waals surface area contributed by atoms with E-state index in [0.717, 1.165) is 11.3 Å². The zero-order valence-corrected chi connectivity index (χ0v) is 14.1. The fraction of sp³-hybridized carbons (Fsp3) is 0.316. The number of hydrogen-bond acceptors (Lipinski definition) is 4. The van der Waals surface area contributed by atoms with Gasteiger partial charge >= 0.3 is 0 Å². The van der Waals surface area contributed by atoms with Crippen LogP contribution >= 0.6 is 0 Å². The summed E-state index contributed by atoms with van der Waals surface area (Å²) in [6.45, 7) is 5.57. The molecule has 1 amide bonds. The van der Waals surface area contributed by atoms with Crippen LogP contribution in [0.5, 0.6) is 0 Å². The molecule has 0 aliphatic rings. The number of carbonyl (C=O) groups is 1. The summed E-state index contributed by atoms with van der Waals surface area (Å²) in [4.78, 5) is 12.2. The van der Waals surface area contributed by atoms with E-state index in [1.807, 2.05) is 38.1 Å². The van der Waals surface area contributed by atoms with E-state index in [2.05, 4.69) is 5.32 Å². The number of ether oxygens (including phenoxy) is 2. The third-order valence-electron chi connectivity index (χ3n) is 3.28. The Bertz CT molecular complexity index is 671. The molecule has 0 bridgehead atoms. The molecule has 2 aromatic carbocycles. The first-order chi connectivity index (χ1) is 11.5. The van der Waals surface area contributed by atoms with Crippen molar-refractivity contribution >= 4 is 17.3 Å². The van der Waals surface area contributed by atoms with Crippen LogP contribution in [0.1, 0.15) is 29.8 Å². The van der Waals surface area contributed by atoms with Crippen molar-refractivity contribution in [2.75, 3.05) is 24.3 Å². The number of benzene rings is 2. The summed E-state index contributed by atoms with van der Waals surface area (Å²) in [6, 6.07) is 14.5. The molecule has 0 aliphatic heterocycles. The maximum absolute atomic E-state index is 12.2. The van der Waals surface area contributed by atoms with Crippen LogP contribution in [0.2, 0.25) is 0 Å². The van der Waals surface area contributed by atoms with Gasteiger partial charge in [-0.25, -0.2) is 0 Å². The average molecular weight is 328 g/mol. The molecule has 2 aromatic rings. The quantitative estimate of drug-likeness (QED) is 0.575. The van der Waals surface area contributed by atoms with Crippen LogP contribution in [0.25, 0.3) is 0 Å². The van der Waals surface area contributed by atoms with Crippen molar-refractivity contribution < 1.29 is 14.3 Å². The van der Waals surface area contributed by atoms with E-state index in [1.165, 1.54) is 0 Å². The zero-order valence-electron chi connectivity index (χ0n) is 14.1. The van der Waals surface area contributed by atoms with Crippen molar-refractivity contribution in [1.82, 2.24) is 0 Å². The highest BCUT2D eigenvalue weighted by Gasteiger charge is 2.06. The normalized spacial score (nSPS) is 10.8. The second kappa shape index (κ2) is 9.05. The Morgan fingerprint density at radius 1 is 1.12 bits per heavy atom. The van der Waals surface area contributed by atoms with Gasteiger partial charge in [-0.2, -0.15) is 0 Å². The van der Waals surface area contributed by atoms with Gasteiger partial charge in [-0.1, -0.05) is 18.2 Å². The van der Waals surface area contributed by atoms with Gasteiger partial charge in [0.05, 0.1) is 25.9 Å². The van der Waals surface area contributed by atoms with E-state index in [9.17, 15) is 4.79 Å². The molecule has 128 valence electrons. The summed E-state index contributed by atoms with van der Waals surface area (Å²) < 4.78 is 11.0. The number of nitrogen functional groups attached to an aromatic ring is 1. The summed E-state index contributed by atoms with van der Waals surface area (Å²) in [5.74, 6) is -0.189. The van der Waals surface area contributed by atoms with Gasteiger partial charge in [0.25, 0.3) is 5.91 Å². The molecule has 0 saturated heterocycles. The minimum absolute atomic E-state index is 0.189. The monoisotopic (exact) mass is 328 g/mol. The maximum Gasteiger partial charge on any atom is 0.255 e. The number of anilines is 2. The van der Waals surface area contributed by atoms with Gasteiger partial charge in [-0.3, -0.25) is 4.79 Å². The van der Waals surface area contributed by atoms with Crippen LogP contribution in [0.15, 0.2) is 48.5 Å². The number of rotatable bonds is 8. The molecule has 0 unspecified atom stereocenters. The molecule has 5 nitrogen and oxygen atoms in total. The van der Waals surface area contributed by atoms with E-state index < -0.39 is 0 Å².